The molecule has 0 fully saturated rings. The molecule has 1 aromatic heterocycles. The molecule has 0 aliphatic rings. The van der Waals surface area contributed by atoms with E-state index < -0.39 is 0 Å². The quantitative estimate of drug-likeness (QED) is 0.863. The number of hydrogen-bond acceptors (Lipinski definition) is 2. The summed E-state index contributed by atoms with van der Waals surface area (Å²) in [4.78, 5) is 1.07. The van der Waals surface area contributed by atoms with Gasteiger partial charge in [0.1, 0.15) is 5.82 Å². The van der Waals surface area contributed by atoms with E-state index in [1.807, 2.05) is 13.0 Å². The van der Waals surface area contributed by atoms with Gasteiger partial charge in [-0.3, -0.25) is 0 Å². The molecule has 4 heteroatoms. The van der Waals surface area contributed by atoms with Gasteiger partial charge in [0, 0.05) is 22.5 Å². The zero-order valence-corrected chi connectivity index (χ0v) is 10.3. The first-order valence-corrected chi connectivity index (χ1v) is 6.06. The molecule has 0 radical (unpaired) electrons. The molecule has 1 aromatic carbocycles. The third-order valence-corrected chi connectivity index (χ3v) is 3.85. The first-order chi connectivity index (χ1) is 7.63. The van der Waals surface area contributed by atoms with Crippen LogP contribution in [0, 0.1) is 12.7 Å². The van der Waals surface area contributed by atoms with E-state index in [0.29, 0.717) is 10.9 Å². The van der Waals surface area contributed by atoms with Crippen LogP contribution in [0.2, 0.25) is 4.34 Å². The summed E-state index contributed by atoms with van der Waals surface area (Å²) >= 11 is 7.57. The average molecular weight is 256 g/mol. The molecule has 0 spiro atoms. The molecule has 0 amide bonds. The maximum atomic E-state index is 13.2. The number of rotatable bonds is 2. The van der Waals surface area contributed by atoms with Gasteiger partial charge in [-0.1, -0.05) is 23.7 Å². The Bertz CT molecular complexity index is 522. The summed E-state index contributed by atoms with van der Waals surface area (Å²) in [5.74, 6) is -0.248. The molecule has 2 aromatic rings. The average Bonchev–Trinajstić information content (AvgIpc) is 2.52. The monoisotopic (exact) mass is 255 g/mol. The second-order valence-electron chi connectivity index (χ2n) is 3.50. The minimum Gasteiger partial charge on any atom is -0.326 e. The van der Waals surface area contributed by atoms with Crippen molar-refractivity contribution >= 4 is 22.9 Å². The molecule has 0 bridgehead atoms. The predicted octanol–water partition coefficient (Wildman–Crippen LogP) is 3.97. The molecule has 2 rings (SSSR count). The van der Waals surface area contributed by atoms with Crippen molar-refractivity contribution in [2.24, 2.45) is 5.73 Å². The SMILES string of the molecule is Cc1sc(Cl)c(CN)c1-c1cccc(F)c1. The standard InChI is InChI=1S/C12H11ClFNS/c1-7-11(10(6-15)12(13)16-7)8-3-2-4-9(14)5-8/h2-5H,6,15H2,1H3. The molecule has 2 N–H and O–H groups in total. The van der Waals surface area contributed by atoms with Crippen molar-refractivity contribution in [3.05, 3.63) is 44.9 Å². The van der Waals surface area contributed by atoms with E-state index in [9.17, 15) is 4.39 Å². The van der Waals surface area contributed by atoms with Crippen LogP contribution in [0.25, 0.3) is 11.1 Å². The van der Waals surface area contributed by atoms with Crippen LogP contribution in [0.5, 0.6) is 0 Å². The summed E-state index contributed by atoms with van der Waals surface area (Å²) in [5, 5.41) is 0. The predicted molar refractivity (Wildman–Crippen MR) is 67.4 cm³/mol. The van der Waals surface area contributed by atoms with Crippen molar-refractivity contribution in [2.45, 2.75) is 13.5 Å². The highest BCUT2D eigenvalue weighted by Gasteiger charge is 2.14. The lowest BCUT2D eigenvalue weighted by Crippen LogP contribution is -1.97. The van der Waals surface area contributed by atoms with E-state index in [1.54, 1.807) is 6.07 Å². The van der Waals surface area contributed by atoms with E-state index in [-0.39, 0.29) is 5.82 Å². The van der Waals surface area contributed by atoms with Gasteiger partial charge in [0.15, 0.2) is 0 Å². The Labute approximate surface area is 103 Å². The number of aryl methyl sites for hydroxylation is 1. The molecule has 1 nitrogen and oxygen atoms in total. The van der Waals surface area contributed by atoms with Crippen molar-refractivity contribution in [1.29, 1.82) is 0 Å². The Kier molecular flexibility index (Phi) is 3.28. The van der Waals surface area contributed by atoms with Crippen LogP contribution in [0.15, 0.2) is 24.3 Å². The van der Waals surface area contributed by atoms with E-state index in [2.05, 4.69) is 0 Å². The van der Waals surface area contributed by atoms with Gasteiger partial charge in [-0.2, -0.15) is 0 Å². The number of benzene rings is 1. The molecule has 16 heavy (non-hydrogen) atoms. The highest BCUT2D eigenvalue weighted by molar-refractivity contribution is 7.16. The van der Waals surface area contributed by atoms with Crippen molar-refractivity contribution in [1.82, 2.24) is 0 Å². The topological polar surface area (TPSA) is 26.0 Å². The second-order valence-corrected chi connectivity index (χ2v) is 5.33. The Morgan fingerprint density at radius 2 is 2.19 bits per heavy atom. The van der Waals surface area contributed by atoms with Crippen molar-refractivity contribution in [3.63, 3.8) is 0 Å². The zero-order chi connectivity index (χ0) is 11.7. The van der Waals surface area contributed by atoms with E-state index >= 15 is 0 Å². The lowest BCUT2D eigenvalue weighted by Gasteiger charge is -2.04. The Hall–Kier alpha value is -0.900. The summed E-state index contributed by atoms with van der Waals surface area (Å²) < 4.78 is 13.9. The lowest BCUT2D eigenvalue weighted by molar-refractivity contribution is 0.628. The van der Waals surface area contributed by atoms with Gasteiger partial charge in [-0.15, -0.1) is 11.3 Å². The number of nitrogens with two attached hydrogens (primary N) is 1. The van der Waals surface area contributed by atoms with Gasteiger partial charge in [0.2, 0.25) is 0 Å². The fourth-order valence-electron chi connectivity index (χ4n) is 1.76. The maximum absolute atomic E-state index is 13.2. The molecule has 0 atom stereocenters. The third kappa shape index (κ3) is 1.98. The summed E-state index contributed by atoms with van der Waals surface area (Å²) in [6, 6.07) is 6.49. The van der Waals surface area contributed by atoms with Crippen molar-refractivity contribution < 1.29 is 4.39 Å². The zero-order valence-electron chi connectivity index (χ0n) is 8.76. The van der Waals surface area contributed by atoms with Crippen LogP contribution in [-0.4, -0.2) is 0 Å². The molecule has 0 saturated heterocycles. The van der Waals surface area contributed by atoms with Crippen LogP contribution < -0.4 is 5.73 Å². The van der Waals surface area contributed by atoms with E-state index in [0.717, 1.165) is 21.6 Å². The highest BCUT2D eigenvalue weighted by Crippen LogP contribution is 2.39. The van der Waals surface area contributed by atoms with Gasteiger partial charge in [-0.25, -0.2) is 4.39 Å². The fourth-order valence-corrected chi connectivity index (χ4v) is 3.20. The molecule has 0 unspecified atom stereocenters. The second kappa shape index (κ2) is 4.53. The molecular formula is C12H11ClFNS. The molecule has 0 aliphatic carbocycles. The van der Waals surface area contributed by atoms with Crippen LogP contribution >= 0.6 is 22.9 Å². The van der Waals surface area contributed by atoms with Crippen LogP contribution in [0.1, 0.15) is 10.4 Å². The first-order valence-electron chi connectivity index (χ1n) is 4.87. The minimum atomic E-state index is -0.248. The fraction of sp³-hybridized carbons (Fsp3) is 0.167. The lowest BCUT2D eigenvalue weighted by atomic mass is 10.0. The summed E-state index contributed by atoms with van der Waals surface area (Å²) in [6.07, 6.45) is 0. The van der Waals surface area contributed by atoms with Crippen LogP contribution in [0.3, 0.4) is 0 Å². The van der Waals surface area contributed by atoms with Crippen LogP contribution in [0.4, 0.5) is 4.39 Å². The number of thiophene rings is 1. The normalized spacial score (nSPS) is 10.8. The first kappa shape index (κ1) is 11.6. The highest BCUT2D eigenvalue weighted by atomic mass is 35.5. The number of halogens is 2. The van der Waals surface area contributed by atoms with Gasteiger partial charge < -0.3 is 5.73 Å². The summed E-state index contributed by atoms with van der Waals surface area (Å²) in [7, 11) is 0. The Morgan fingerprint density at radius 3 is 2.81 bits per heavy atom. The Morgan fingerprint density at radius 1 is 1.44 bits per heavy atom. The van der Waals surface area contributed by atoms with E-state index in [4.69, 9.17) is 17.3 Å². The van der Waals surface area contributed by atoms with Gasteiger partial charge in [-0.05, 0) is 24.6 Å². The largest absolute Gasteiger partial charge is 0.326 e. The Balaban J connectivity index is 2.63. The maximum Gasteiger partial charge on any atom is 0.123 e. The van der Waals surface area contributed by atoms with Gasteiger partial charge in [0.05, 0.1) is 4.34 Å². The van der Waals surface area contributed by atoms with Crippen molar-refractivity contribution in [3.8, 4) is 11.1 Å². The molecular weight excluding hydrogens is 245 g/mol. The molecule has 1 heterocycles. The van der Waals surface area contributed by atoms with Crippen LogP contribution in [-0.2, 0) is 6.54 Å². The van der Waals surface area contributed by atoms with Gasteiger partial charge >= 0.3 is 0 Å². The van der Waals surface area contributed by atoms with Crippen molar-refractivity contribution in [2.75, 3.05) is 0 Å². The molecule has 0 saturated carbocycles. The summed E-state index contributed by atoms with van der Waals surface area (Å²) in [5.41, 5.74) is 8.37. The minimum absolute atomic E-state index is 0.248. The summed E-state index contributed by atoms with van der Waals surface area (Å²) in [6.45, 7) is 2.34. The third-order valence-electron chi connectivity index (χ3n) is 2.45. The number of hydrogen-bond donors (Lipinski definition) is 1. The smallest absolute Gasteiger partial charge is 0.123 e. The van der Waals surface area contributed by atoms with Gasteiger partial charge in [0.25, 0.3) is 0 Å². The molecule has 84 valence electrons. The van der Waals surface area contributed by atoms with E-state index in [1.165, 1.54) is 23.5 Å². The molecule has 0 aliphatic heterocycles.